The summed E-state index contributed by atoms with van der Waals surface area (Å²) < 4.78 is 5.92. The first-order valence-corrected chi connectivity index (χ1v) is 7.39. The van der Waals surface area contributed by atoms with E-state index in [9.17, 15) is 4.79 Å². The molecule has 0 radical (unpaired) electrons. The Hall–Kier alpha value is -0.410. The van der Waals surface area contributed by atoms with Gasteiger partial charge in [-0.2, -0.15) is 0 Å². The SMILES string of the molecule is CC1CN(CC2CCCCCC2=O)CC(C)(C)O1. The predicted molar refractivity (Wildman–Crippen MR) is 72.6 cm³/mol. The van der Waals surface area contributed by atoms with E-state index < -0.39 is 0 Å². The van der Waals surface area contributed by atoms with Crippen LogP contribution in [-0.4, -0.2) is 42.0 Å². The zero-order chi connectivity index (χ0) is 13.2. The van der Waals surface area contributed by atoms with Gasteiger partial charge in [-0.3, -0.25) is 9.69 Å². The van der Waals surface area contributed by atoms with E-state index in [1.54, 1.807) is 0 Å². The second kappa shape index (κ2) is 5.70. The molecule has 2 unspecified atom stereocenters. The van der Waals surface area contributed by atoms with Crippen molar-refractivity contribution in [3.8, 4) is 0 Å². The molecule has 2 atom stereocenters. The average Bonchev–Trinajstić information content (AvgIpc) is 2.41. The highest BCUT2D eigenvalue weighted by atomic mass is 16.5. The molecule has 2 rings (SSSR count). The van der Waals surface area contributed by atoms with E-state index in [1.165, 1.54) is 12.8 Å². The smallest absolute Gasteiger partial charge is 0.137 e. The standard InChI is InChI=1S/C15H27NO2/c1-12-9-16(11-15(2,3)18-12)10-13-7-5-4-6-8-14(13)17/h12-13H,4-11H2,1-3H3. The summed E-state index contributed by atoms with van der Waals surface area (Å²) in [6, 6.07) is 0. The number of carbonyl (C=O) groups excluding carboxylic acids is 1. The number of Topliss-reactive ketones (excluding diaryl/α,β-unsaturated/α-hetero) is 1. The highest BCUT2D eigenvalue weighted by Gasteiger charge is 2.33. The highest BCUT2D eigenvalue weighted by Crippen LogP contribution is 2.25. The molecule has 0 amide bonds. The zero-order valence-electron chi connectivity index (χ0n) is 12.1. The van der Waals surface area contributed by atoms with Crippen molar-refractivity contribution >= 4 is 5.78 Å². The number of ether oxygens (including phenoxy) is 1. The number of hydrogen-bond donors (Lipinski definition) is 0. The number of morpholine rings is 1. The monoisotopic (exact) mass is 253 g/mol. The van der Waals surface area contributed by atoms with Crippen LogP contribution in [0, 0.1) is 5.92 Å². The van der Waals surface area contributed by atoms with Crippen molar-refractivity contribution in [3.05, 3.63) is 0 Å². The van der Waals surface area contributed by atoms with Crippen molar-refractivity contribution in [1.29, 1.82) is 0 Å². The molecular weight excluding hydrogens is 226 g/mol. The van der Waals surface area contributed by atoms with Crippen LogP contribution in [0.25, 0.3) is 0 Å². The molecule has 0 N–H and O–H groups in total. The summed E-state index contributed by atoms with van der Waals surface area (Å²) in [5, 5.41) is 0. The minimum Gasteiger partial charge on any atom is -0.370 e. The van der Waals surface area contributed by atoms with E-state index in [4.69, 9.17) is 4.74 Å². The van der Waals surface area contributed by atoms with Crippen molar-refractivity contribution < 1.29 is 9.53 Å². The maximum absolute atomic E-state index is 12.1. The second-order valence-electron chi connectivity index (χ2n) is 6.64. The van der Waals surface area contributed by atoms with Crippen molar-refractivity contribution in [3.63, 3.8) is 0 Å². The van der Waals surface area contributed by atoms with Gasteiger partial charge in [0, 0.05) is 32.0 Å². The van der Waals surface area contributed by atoms with Gasteiger partial charge in [-0.05, 0) is 33.6 Å². The van der Waals surface area contributed by atoms with Gasteiger partial charge >= 0.3 is 0 Å². The molecule has 18 heavy (non-hydrogen) atoms. The molecule has 1 saturated heterocycles. The van der Waals surface area contributed by atoms with Crippen LogP contribution in [0.15, 0.2) is 0 Å². The van der Waals surface area contributed by atoms with E-state index in [1.807, 2.05) is 0 Å². The quantitative estimate of drug-likeness (QED) is 0.709. The third-order valence-corrected chi connectivity index (χ3v) is 4.05. The molecule has 1 saturated carbocycles. The molecule has 1 heterocycles. The molecule has 3 nitrogen and oxygen atoms in total. The number of rotatable bonds is 2. The normalized spacial score (nSPS) is 34.3. The third-order valence-electron chi connectivity index (χ3n) is 4.05. The van der Waals surface area contributed by atoms with Crippen molar-refractivity contribution in [2.24, 2.45) is 5.92 Å². The molecule has 3 heteroatoms. The molecule has 0 aromatic rings. The molecule has 1 aliphatic carbocycles. The summed E-state index contributed by atoms with van der Waals surface area (Å²) in [6.45, 7) is 9.27. The minimum atomic E-state index is -0.0779. The van der Waals surface area contributed by atoms with Crippen LogP contribution in [0.3, 0.4) is 0 Å². The largest absolute Gasteiger partial charge is 0.370 e. The Bertz CT molecular complexity index is 301. The van der Waals surface area contributed by atoms with Crippen molar-refractivity contribution in [1.82, 2.24) is 4.90 Å². The number of hydrogen-bond acceptors (Lipinski definition) is 3. The van der Waals surface area contributed by atoms with Crippen LogP contribution in [0.5, 0.6) is 0 Å². The van der Waals surface area contributed by atoms with Gasteiger partial charge in [-0.25, -0.2) is 0 Å². The highest BCUT2D eigenvalue weighted by molar-refractivity contribution is 5.81. The van der Waals surface area contributed by atoms with Gasteiger partial charge in [0.05, 0.1) is 11.7 Å². The Kier molecular flexibility index (Phi) is 4.44. The van der Waals surface area contributed by atoms with Gasteiger partial charge in [0.15, 0.2) is 0 Å². The van der Waals surface area contributed by atoms with E-state index in [0.717, 1.165) is 38.9 Å². The molecule has 0 spiro atoms. The molecule has 1 aliphatic heterocycles. The minimum absolute atomic E-state index is 0.0779. The lowest BCUT2D eigenvalue weighted by atomic mass is 9.96. The van der Waals surface area contributed by atoms with Crippen LogP contribution in [-0.2, 0) is 9.53 Å². The Morgan fingerprint density at radius 3 is 2.83 bits per heavy atom. The van der Waals surface area contributed by atoms with Gasteiger partial charge in [-0.15, -0.1) is 0 Å². The Morgan fingerprint density at radius 2 is 2.11 bits per heavy atom. The first kappa shape index (κ1) is 14.0. The fraction of sp³-hybridized carbons (Fsp3) is 0.933. The van der Waals surface area contributed by atoms with Gasteiger partial charge in [-0.1, -0.05) is 12.8 Å². The topological polar surface area (TPSA) is 29.5 Å². The maximum Gasteiger partial charge on any atom is 0.137 e. The summed E-state index contributed by atoms with van der Waals surface area (Å²) in [6.07, 6.45) is 5.71. The molecule has 2 fully saturated rings. The van der Waals surface area contributed by atoms with E-state index in [-0.39, 0.29) is 17.6 Å². The van der Waals surface area contributed by atoms with Crippen LogP contribution >= 0.6 is 0 Å². The molecular formula is C15H27NO2. The Morgan fingerprint density at radius 1 is 1.33 bits per heavy atom. The molecule has 104 valence electrons. The first-order valence-electron chi connectivity index (χ1n) is 7.39. The molecule has 0 aromatic heterocycles. The number of nitrogens with zero attached hydrogens (tertiary/aromatic N) is 1. The lowest BCUT2D eigenvalue weighted by Crippen LogP contribution is -2.53. The van der Waals surface area contributed by atoms with Crippen molar-refractivity contribution in [2.45, 2.75) is 64.6 Å². The van der Waals surface area contributed by atoms with Crippen LogP contribution in [0.2, 0.25) is 0 Å². The molecule has 0 aromatic carbocycles. The lowest BCUT2D eigenvalue weighted by molar-refractivity contribution is -0.137. The summed E-state index contributed by atoms with van der Waals surface area (Å²) >= 11 is 0. The number of ketones is 1. The Labute approximate surface area is 111 Å². The molecule has 0 bridgehead atoms. The number of carbonyl (C=O) groups is 1. The first-order chi connectivity index (χ1) is 8.46. The van der Waals surface area contributed by atoms with Gasteiger partial charge < -0.3 is 4.74 Å². The molecule has 2 aliphatic rings. The second-order valence-corrected chi connectivity index (χ2v) is 6.64. The van der Waals surface area contributed by atoms with E-state index in [2.05, 4.69) is 25.7 Å². The summed E-state index contributed by atoms with van der Waals surface area (Å²) in [4.78, 5) is 14.5. The lowest BCUT2D eigenvalue weighted by Gasteiger charge is -2.42. The fourth-order valence-corrected chi connectivity index (χ4v) is 3.46. The van der Waals surface area contributed by atoms with Crippen LogP contribution in [0.1, 0.15) is 52.9 Å². The van der Waals surface area contributed by atoms with Crippen LogP contribution in [0.4, 0.5) is 0 Å². The van der Waals surface area contributed by atoms with Gasteiger partial charge in [0.2, 0.25) is 0 Å². The van der Waals surface area contributed by atoms with Gasteiger partial charge in [0.1, 0.15) is 5.78 Å². The van der Waals surface area contributed by atoms with Crippen molar-refractivity contribution in [2.75, 3.05) is 19.6 Å². The Balaban J connectivity index is 1.93. The van der Waals surface area contributed by atoms with E-state index >= 15 is 0 Å². The fourth-order valence-electron chi connectivity index (χ4n) is 3.46. The third kappa shape index (κ3) is 3.79. The predicted octanol–water partition coefficient (Wildman–Crippen LogP) is 2.64. The summed E-state index contributed by atoms with van der Waals surface area (Å²) in [7, 11) is 0. The average molecular weight is 253 g/mol. The summed E-state index contributed by atoms with van der Waals surface area (Å²) in [5.74, 6) is 0.762. The zero-order valence-corrected chi connectivity index (χ0v) is 12.1. The van der Waals surface area contributed by atoms with E-state index in [0.29, 0.717) is 5.78 Å². The van der Waals surface area contributed by atoms with Crippen LogP contribution < -0.4 is 0 Å². The summed E-state index contributed by atoms with van der Waals surface area (Å²) in [5.41, 5.74) is -0.0779. The maximum atomic E-state index is 12.1. The van der Waals surface area contributed by atoms with Gasteiger partial charge in [0.25, 0.3) is 0 Å².